The minimum absolute atomic E-state index is 0.00889. The van der Waals surface area contributed by atoms with Crippen LogP contribution >= 0.6 is 0 Å². The first-order valence-corrected chi connectivity index (χ1v) is 9.71. The predicted octanol–water partition coefficient (Wildman–Crippen LogP) is 1.32. The molecule has 3 rings (SSSR count). The Labute approximate surface area is 173 Å². The van der Waals surface area contributed by atoms with Crippen molar-refractivity contribution >= 4 is 23.2 Å². The molecule has 160 valence electrons. The SMILES string of the molecule is CC(=O)N1CCN(c2ccc(C(=O)NCCCc3nc(C)no3)cc2[N+](=O)[O-])CC1. The second kappa shape index (κ2) is 9.33. The van der Waals surface area contributed by atoms with Gasteiger partial charge in [0.2, 0.25) is 11.8 Å². The highest BCUT2D eigenvalue weighted by Gasteiger charge is 2.25. The highest BCUT2D eigenvalue weighted by atomic mass is 16.6. The molecular weight excluding hydrogens is 392 g/mol. The normalized spacial score (nSPS) is 13.9. The summed E-state index contributed by atoms with van der Waals surface area (Å²) in [5.41, 5.74) is 0.549. The fourth-order valence-corrected chi connectivity index (χ4v) is 3.33. The molecule has 1 fully saturated rings. The summed E-state index contributed by atoms with van der Waals surface area (Å²) >= 11 is 0. The molecule has 0 saturated carbocycles. The van der Waals surface area contributed by atoms with Crippen LogP contribution in [0.3, 0.4) is 0 Å². The Kier molecular flexibility index (Phi) is 6.60. The van der Waals surface area contributed by atoms with Crippen LogP contribution in [-0.4, -0.2) is 64.5 Å². The van der Waals surface area contributed by atoms with Crippen molar-refractivity contribution in [1.29, 1.82) is 0 Å². The van der Waals surface area contributed by atoms with Gasteiger partial charge in [0.15, 0.2) is 5.82 Å². The molecule has 1 saturated heterocycles. The number of hydrogen-bond acceptors (Lipinski definition) is 8. The van der Waals surface area contributed by atoms with Crippen LogP contribution in [0.5, 0.6) is 0 Å². The van der Waals surface area contributed by atoms with Crippen LogP contribution in [-0.2, 0) is 11.2 Å². The number of aromatic nitrogens is 2. The Morgan fingerprint density at radius 1 is 1.27 bits per heavy atom. The van der Waals surface area contributed by atoms with E-state index in [1.54, 1.807) is 24.0 Å². The Morgan fingerprint density at radius 2 is 2.00 bits per heavy atom. The maximum Gasteiger partial charge on any atom is 0.293 e. The number of anilines is 1. The summed E-state index contributed by atoms with van der Waals surface area (Å²) in [5, 5.41) is 18.0. The van der Waals surface area contributed by atoms with Gasteiger partial charge in [-0.2, -0.15) is 4.98 Å². The zero-order chi connectivity index (χ0) is 21.7. The molecule has 2 heterocycles. The highest BCUT2D eigenvalue weighted by molar-refractivity contribution is 5.95. The molecule has 0 spiro atoms. The molecule has 30 heavy (non-hydrogen) atoms. The van der Waals surface area contributed by atoms with Crippen molar-refractivity contribution in [2.24, 2.45) is 0 Å². The van der Waals surface area contributed by atoms with Crippen LogP contribution in [0.2, 0.25) is 0 Å². The van der Waals surface area contributed by atoms with Gasteiger partial charge in [0, 0.05) is 57.7 Å². The van der Waals surface area contributed by atoms with Crippen molar-refractivity contribution in [3.8, 4) is 0 Å². The van der Waals surface area contributed by atoms with E-state index >= 15 is 0 Å². The highest BCUT2D eigenvalue weighted by Crippen LogP contribution is 2.30. The van der Waals surface area contributed by atoms with Crippen molar-refractivity contribution < 1.29 is 19.0 Å². The number of nitrogens with one attached hydrogen (secondary N) is 1. The molecule has 0 radical (unpaired) electrons. The number of carbonyl (C=O) groups excluding carboxylic acids is 2. The van der Waals surface area contributed by atoms with E-state index in [4.69, 9.17) is 4.52 Å². The number of hydrogen-bond donors (Lipinski definition) is 1. The third-order valence-corrected chi connectivity index (χ3v) is 4.92. The van der Waals surface area contributed by atoms with Crippen molar-refractivity contribution in [3.63, 3.8) is 0 Å². The van der Waals surface area contributed by atoms with E-state index in [0.717, 1.165) is 0 Å². The van der Waals surface area contributed by atoms with Gasteiger partial charge in [-0.1, -0.05) is 5.16 Å². The third-order valence-electron chi connectivity index (χ3n) is 4.92. The fraction of sp³-hybridized carbons (Fsp3) is 0.474. The van der Waals surface area contributed by atoms with Gasteiger partial charge in [-0.05, 0) is 25.5 Å². The first-order chi connectivity index (χ1) is 14.3. The van der Waals surface area contributed by atoms with Crippen molar-refractivity contribution in [3.05, 3.63) is 45.6 Å². The lowest BCUT2D eigenvalue weighted by Crippen LogP contribution is -2.48. The third kappa shape index (κ3) is 5.10. The van der Waals surface area contributed by atoms with Gasteiger partial charge in [0.25, 0.3) is 11.6 Å². The molecule has 11 nitrogen and oxygen atoms in total. The fourth-order valence-electron chi connectivity index (χ4n) is 3.33. The van der Waals surface area contributed by atoms with Crippen LogP contribution in [0.4, 0.5) is 11.4 Å². The summed E-state index contributed by atoms with van der Waals surface area (Å²) in [4.78, 5) is 42.6. The summed E-state index contributed by atoms with van der Waals surface area (Å²) in [6, 6.07) is 4.47. The van der Waals surface area contributed by atoms with Gasteiger partial charge in [0.05, 0.1) is 4.92 Å². The number of rotatable bonds is 7. The molecule has 0 atom stereocenters. The second-order valence-electron chi connectivity index (χ2n) is 7.05. The van der Waals surface area contributed by atoms with Gasteiger partial charge < -0.3 is 19.6 Å². The summed E-state index contributed by atoms with van der Waals surface area (Å²) in [7, 11) is 0. The summed E-state index contributed by atoms with van der Waals surface area (Å²) < 4.78 is 5.01. The summed E-state index contributed by atoms with van der Waals surface area (Å²) in [5.74, 6) is 0.675. The smallest absolute Gasteiger partial charge is 0.293 e. The minimum atomic E-state index is -0.485. The average Bonchev–Trinajstić information content (AvgIpc) is 3.15. The van der Waals surface area contributed by atoms with E-state index in [0.29, 0.717) is 63.0 Å². The quantitative estimate of drug-likeness (QED) is 0.406. The molecule has 1 N–H and O–H groups in total. The molecule has 1 aliphatic rings. The van der Waals surface area contributed by atoms with Crippen molar-refractivity contribution in [2.75, 3.05) is 37.6 Å². The molecule has 1 aliphatic heterocycles. The summed E-state index contributed by atoms with van der Waals surface area (Å²) in [6.07, 6.45) is 1.14. The van der Waals surface area contributed by atoms with E-state index in [1.807, 2.05) is 4.90 Å². The van der Waals surface area contributed by atoms with Gasteiger partial charge in [-0.3, -0.25) is 19.7 Å². The maximum absolute atomic E-state index is 12.4. The Hall–Kier alpha value is -3.50. The number of benzene rings is 1. The van der Waals surface area contributed by atoms with Crippen LogP contribution in [0.15, 0.2) is 22.7 Å². The predicted molar refractivity (Wildman–Crippen MR) is 107 cm³/mol. The number of nitro benzene ring substituents is 1. The topological polar surface area (TPSA) is 135 Å². The molecule has 1 aromatic carbocycles. The molecule has 0 aliphatic carbocycles. The second-order valence-corrected chi connectivity index (χ2v) is 7.05. The first kappa shape index (κ1) is 21.2. The number of nitrogens with zero attached hydrogens (tertiary/aromatic N) is 5. The molecule has 1 aromatic heterocycles. The van der Waals surface area contributed by atoms with Gasteiger partial charge in [-0.25, -0.2) is 0 Å². The zero-order valence-electron chi connectivity index (χ0n) is 17.0. The van der Waals surface area contributed by atoms with Crippen LogP contribution < -0.4 is 10.2 Å². The van der Waals surface area contributed by atoms with E-state index in [1.165, 1.54) is 13.0 Å². The lowest BCUT2D eigenvalue weighted by atomic mass is 10.1. The van der Waals surface area contributed by atoms with Crippen LogP contribution in [0.25, 0.3) is 0 Å². The number of amides is 2. The van der Waals surface area contributed by atoms with E-state index < -0.39 is 4.92 Å². The lowest BCUT2D eigenvalue weighted by Gasteiger charge is -2.35. The Bertz CT molecular complexity index is 935. The van der Waals surface area contributed by atoms with Crippen molar-refractivity contribution in [2.45, 2.75) is 26.7 Å². The van der Waals surface area contributed by atoms with Crippen LogP contribution in [0, 0.1) is 17.0 Å². The van der Waals surface area contributed by atoms with E-state index in [-0.39, 0.29) is 23.1 Å². The molecule has 2 amide bonds. The number of aryl methyl sites for hydroxylation is 2. The number of piperazine rings is 1. The zero-order valence-corrected chi connectivity index (χ0v) is 17.0. The molecule has 0 unspecified atom stereocenters. The molecule has 11 heteroatoms. The van der Waals surface area contributed by atoms with Gasteiger partial charge >= 0.3 is 0 Å². The Balaban J connectivity index is 1.60. The Morgan fingerprint density at radius 3 is 2.60 bits per heavy atom. The minimum Gasteiger partial charge on any atom is -0.362 e. The average molecular weight is 416 g/mol. The largest absolute Gasteiger partial charge is 0.362 e. The van der Waals surface area contributed by atoms with E-state index in [2.05, 4.69) is 15.5 Å². The van der Waals surface area contributed by atoms with Crippen LogP contribution in [0.1, 0.15) is 35.4 Å². The van der Waals surface area contributed by atoms with Gasteiger partial charge in [-0.15, -0.1) is 0 Å². The van der Waals surface area contributed by atoms with Crippen molar-refractivity contribution in [1.82, 2.24) is 20.4 Å². The maximum atomic E-state index is 12.4. The number of nitro groups is 1. The van der Waals surface area contributed by atoms with Gasteiger partial charge in [0.1, 0.15) is 5.69 Å². The molecule has 0 bridgehead atoms. The number of carbonyl (C=O) groups is 2. The first-order valence-electron chi connectivity index (χ1n) is 9.71. The summed E-state index contributed by atoms with van der Waals surface area (Å²) in [6.45, 7) is 5.64. The standard InChI is InChI=1S/C19H24N6O5/c1-13-21-18(30-22-13)4-3-7-20-19(27)15-5-6-16(17(12-15)25(28)29)24-10-8-23(9-11-24)14(2)26/h5-6,12H,3-4,7-11H2,1-2H3,(H,20,27). The molecule has 2 aromatic rings. The molecular formula is C19H24N6O5. The lowest BCUT2D eigenvalue weighted by molar-refractivity contribution is -0.384. The monoisotopic (exact) mass is 416 g/mol. The van der Waals surface area contributed by atoms with E-state index in [9.17, 15) is 19.7 Å².